The Bertz CT molecular complexity index is 314. The van der Waals surface area contributed by atoms with Gasteiger partial charge in [-0.3, -0.25) is 0 Å². The summed E-state index contributed by atoms with van der Waals surface area (Å²) in [6.45, 7) is 4.15. The first kappa shape index (κ1) is 11.6. The average molecular weight is 290 g/mol. The highest BCUT2D eigenvalue weighted by atomic mass is 79.9. The molecule has 1 aliphatic heterocycles. The smallest absolute Gasteiger partial charge is 0.0911 e. The maximum Gasteiger partial charge on any atom is 0.0911 e. The van der Waals surface area contributed by atoms with Crippen LogP contribution in [-0.2, 0) is 0 Å². The van der Waals surface area contributed by atoms with Crippen LogP contribution in [-0.4, -0.2) is 18.2 Å². The number of halogens is 1. The molecule has 2 N–H and O–H groups in total. The standard InChI is InChI=1S/C11H16BrNOS/c1-7-9(12)6-10(15-7)11(14)8-2-4-13-5-3-8/h6,8,11,13-14H,2-5H2,1H3. The number of aliphatic hydroxyl groups is 1. The third-order valence-electron chi connectivity index (χ3n) is 3.00. The third-order valence-corrected chi connectivity index (χ3v) is 5.21. The molecule has 4 heteroatoms. The van der Waals surface area contributed by atoms with Gasteiger partial charge in [-0.15, -0.1) is 11.3 Å². The summed E-state index contributed by atoms with van der Waals surface area (Å²) in [6, 6.07) is 2.06. The molecule has 84 valence electrons. The van der Waals surface area contributed by atoms with Crippen LogP contribution in [0.25, 0.3) is 0 Å². The summed E-state index contributed by atoms with van der Waals surface area (Å²) in [5.74, 6) is 0.427. The number of aryl methyl sites for hydroxylation is 1. The number of nitrogens with one attached hydrogen (secondary N) is 1. The third kappa shape index (κ3) is 2.61. The van der Waals surface area contributed by atoms with Crippen molar-refractivity contribution in [3.8, 4) is 0 Å². The van der Waals surface area contributed by atoms with E-state index >= 15 is 0 Å². The van der Waals surface area contributed by atoms with Gasteiger partial charge in [0, 0.05) is 14.2 Å². The van der Waals surface area contributed by atoms with Gasteiger partial charge in [0.15, 0.2) is 0 Å². The fourth-order valence-corrected chi connectivity index (χ4v) is 3.66. The lowest BCUT2D eigenvalue weighted by Gasteiger charge is -2.26. The molecule has 2 nitrogen and oxygen atoms in total. The molecule has 2 heterocycles. The summed E-state index contributed by atoms with van der Waals surface area (Å²) < 4.78 is 1.12. The van der Waals surface area contributed by atoms with Crippen molar-refractivity contribution in [2.45, 2.75) is 25.9 Å². The summed E-state index contributed by atoms with van der Waals surface area (Å²) in [5.41, 5.74) is 0. The SMILES string of the molecule is Cc1sc(C(O)C2CCNCC2)cc1Br. The predicted molar refractivity (Wildman–Crippen MR) is 67.3 cm³/mol. The maximum atomic E-state index is 10.2. The van der Waals surface area contributed by atoms with Crippen LogP contribution in [0.5, 0.6) is 0 Å². The highest BCUT2D eigenvalue weighted by Gasteiger charge is 2.24. The molecule has 1 unspecified atom stereocenters. The van der Waals surface area contributed by atoms with Gasteiger partial charge in [-0.2, -0.15) is 0 Å². The van der Waals surface area contributed by atoms with E-state index in [0.717, 1.165) is 35.3 Å². The van der Waals surface area contributed by atoms with Crippen LogP contribution in [0.15, 0.2) is 10.5 Å². The minimum atomic E-state index is -0.276. The lowest BCUT2D eigenvalue weighted by molar-refractivity contribution is 0.0920. The van der Waals surface area contributed by atoms with Crippen LogP contribution < -0.4 is 5.32 Å². The molecule has 1 atom stereocenters. The Balaban J connectivity index is 2.08. The number of hydrogen-bond donors (Lipinski definition) is 2. The van der Waals surface area contributed by atoms with Crippen molar-refractivity contribution < 1.29 is 5.11 Å². The van der Waals surface area contributed by atoms with Gasteiger partial charge in [0.05, 0.1) is 6.10 Å². The Kier molecular flexibility index (Phi) is 3.83. The molecule has 1 aromatic heterocycles. The van der Waals surface area contributed by atoms with Gasteiger partial charge in [-0.1, -0.05) is 0 Å². The summed E-state index contributed by atoms with van der Waals surface area (Å²) in [7, 11) is 0. The molecule has 0 amide bonds. The second-order valence-electron chi connectivity index (χ2n) is 4.09. The predicted octanol–water partition coefficient (Wildman–Crippen LogP) is 2.85. The zero-order valence-corrected chi connectivity index (χ0v) is 11.2. The fourth-order valence-electron chi connectivity index (χ4n) is 2.02. The average Bonchev–Trinajstić information content (AvgIpc) is 2.59. The molecule has 15 heavy (non-hydrogen) atoms. The topological polar surface area (TPSA) is 32.3 Å². The van der Waals surface area contributed by atoms with Crippen molar-refractivity contribution in [3.63, 3.8) is 0 Å². The minimum absolute atomic E-state index is 0.276. The van der Waals surface area contributed by atoms with E-state index in [1.54, 1.807) is 11.3 Å². The van der Waals surface area contributed by atoms with Gasteiger partial charge >= 0.3 is 0 Å². The molecule has 1 aromatic rings. The van der Waals surface area contributed by atoms with E-state index in [4.69, 9.17) is 0 Å². The Morgan fingerprint density at radius 3 is 2.73 bits per heavy atom. The Hall–Kier alpha value is 0.100. The van der Waals surface area contributed by atoms with E-state index < -0.39 is 0 Å². The van der Waals surface area contributed by atoms with Crippen molar-refractivity contribution in [2.75, 3.05) is 13.1 Å². The van der Waals surface area contributed by atoms with E-state index in [1.165, 1.54) is 4.88 Å². The largest absolute Gasteiger partial charge is 0.387 e. The summed E-state index contributed by atoms with van der Waals surface area (Å²) in [5, 5.41) is 13.6. The number of aliphatic hydroxyl groups excluding tert-OH is 1. The molecule has 0 saturated carbocycles. The Morgan fingerprint density at radius 1 is 1.53 bits per heavy atom. The zero-order chi connectivity index (χ0) is 10.8. The number of hydrogen-bond acceptors (Lipinski definition) is 3. The normalized spacial score (nSPS) is 20.5. The lowest BCUT2D eigenvalue weighted by atomic mass is 9.91. The molecule has 0 spiro atoms. The Morgan fingerprint density at radius 2 is 2.20 bits per heavy atom. The molecule has 0 radical (unpaired) electrons. The molecular weight excluding hydrogens is 274 g/mol. The molecular formula is C11H16BrNOS. The highest BCUT2D eigenvalue weighted by Crippen LogP contribution is 2.36. The first-order chi connectivity index (χ1) is 7.18. The molecule has 2 rings (SSSR count). The number of rotatable bonds is 2. The van der Waals surface area contributed by atoms with E-state index in [2.05, 4.69) is 34.2 Å². The highest BCUT2D eigenvalue weighted by molar-refractivity contribution is 9.10. The van der Waals surface area contributed by atoms with Gasteiger partial charge in [0.2, 0.25) is 0 Å². The van der Waals surface area contributed by atoms with Gasteiger partial charge in [-0.25, -0.2) is 0 Å². The zero-order valence-electron chi connectivity index (χ0n) is 8.79. The van der Waals surface area contributed by atoms with Crippen LogP contribution in [0, 0.1) is 12.8 Å². The fraction of sp³-hybridized carbons (Fsp3) is 0.636. The molecule has 1 saturated heterocycles. The molecule has 1 fully saturated rings. The molecule has 0 aromatic carbocycles. The van der Waals surface area contributed by atoms with E-state index in [9.17, 15) is 5.11 Å². The second-order valence-corrected chi connectivity index (χ2v) is 6.23. The minimum Gasteiger partial charge on any atom is -0.387 e. The summed E-state index contributed by atoms with van der Waals surface area (Å²) >= 11 is 5.19. The maximum absolute atomic E-state index is 10.2. The number of piperidine rings is 1. The molecule has 0 aliphatic carbocycles. The Labute approximate surface area is 103 Å². The van der Waals surface area contributed by atoms with Gasteiger partial charge in [0.25, 0.3) is 0 Å². The van der Waals surface area contributed by atoms with Crippen molar-refractivity contribution in [1.29, 1.82) is 0 Å². The first-order valence-corrected chi connectivity index (χ1v) is 6.94. The summed E-state index contributed by atoms with van der Waals surface area (Å²) in [4.78, 5) is 2.35. The van der Waals surface area contributed by atoms with E-state index in [0.29, 0.717) is 5.92 Å². The number of thiophene rings is 1. The van der Waals surface area contributed by atoms with Crippen LogP contribution in [0.2, 0.25) is 0 Å². The second kappa shape index (κ2) is 4.95. The summed E-state index contributed by atoms with van der Waals surface area (Å²) in [6.07, 6.45) is 1.88. The van der Waals surface area contributed by atoms with Crippen LogP contribution in [0.3, 0.4) is 0 Å². The van der Waals surface area contributed by atoms with E-state index in [-0.39, 0.29) is 6.10 Å². The van der Waals surface area contributed by atoms with Crippen LogP contribution in [0.1, 0.15) is 28.7 Å². The molecule has 1 aliphatic rings. The van der Waals surface area contributed by atoms with E-state index in [1.807, 2.05) is 0 Å². The molecule has 0 bridgehead atoms. The lowest BCUT2D eigenvalue weighted by Crippen LogP contribution is -2.30. The van der Waals surface area contributed by atoms with Gasteiger partial charge in [-0.05, 0) is 60.8 Å². The van der Waals surface area contributed by atoms with Gasteiger partial charge < -0.3 is 10.4 Å². The van der Waals surface area contributed by atoms with Crippen molar-refractivity contribution in [2.24, 2.45) is 5.92 Å². The quantitative estimate of drug-likeness (QED) is 0.878. The monoisotopic (exact) mass is 289 g/mol. The van der Waals surface area contributed by atoms with Crippen molar-refractivity contribution >= 4 is 27.3 Å². The van der Waals surface area contributed by atoms with Crippen molar-refractivity contribution in [3.05, 3.63) is 20.3 Å². The first-order valence-electron chi connectivity index (χ1n) is 5.33. The van der Waals surface area contributed by atoms with Crippen molar-refractivity contribution in [1.82, 2.24) is 5.32 Å². The van der Waals surface area contributed by atoms with Gasteiger partial charge in [0.1, 0.15) is 0 Å². The van der Waals surface area contributed by atoms with Crippen LogP contribution >= 0.6 is 27.3 Å². The van der Waals surface area contributed by atoms with Crippen LogP contribution in [0.4, 0.5) is 0 Å².